The van der Waals surface area contributed by atoms with Gasteiger partial charge in [0, 0.05) is 19.0 Å². The Balaban J connectivity index is 2.91. The van der Waals surface area contributed by atoms with Crippen molar-refractivity contribution in [2.45, 2.75) is 26.7 Å². The van der Waals surface area contributed by atoms with Gasteiger partial charge in [-0.2, -0.15) is 0 Å². The van der Waals surface area contributed by atoms with Crippen molar-refractivity contribution in [2.24, 2.45) is 5.92 Å². The molecule has 3 heteroatoms. The van der Waals surface area contributed by atoms with Crippen LogP contribution >= 0.6 is 11.6 Å². The molecule has 0 aliphatic rings. The van der Waals surface area contributed by atoms with E-state index < -0.39 is 0 Å². The third kappa shape index (κ3) is 10.1. The highest BCUT2D eigenvalue weighted by Gasteiger charge is 1.97. The lowest BCUT2D eigenvalue weighted by Crippen LogP contribution is -2.25. The van der Waals surface area contributed by atoms with Gasteiger partial charge in [-0.15, -0.1) is 11.6 Å². The van der Waals surface area contributed by atoms with Gasteiger partial charge < -0.3 is 10.1 Å². The zero-order valence-corrected chi connectivity index (χ0v) is 9.57. The first-order chi connectivity index (χ1) is 6.31. The monoisotopic (exact) mass is 207 g/mol. The van der Waals surface area contributed by atoms with Gasteiger partial charge in [-0.3, -0.25) is 0 Å². The van der Waals surface area contributed by atoms with Gasteiger partial charge in [-0.05, 0) is 18.9 Å². The van der Waals surface area contributed by atoms with Crippen molar-refractivity contribution in [1.29, 1.82) is 0 Å². The fourth-order valence-corrected chi connectivity index (χ4v) is 1.00. The molecule has 0 aromatic heterocycles. The molecule has 0 fully saturated rings. The molecule has 0 radical (unpaired) electrons. The lowest BCUT2D eigenvalue weighted by molar-refractivity contribution is 0.132. The molecule has 0 heterocycles. The SMILES string of the molecule is CCCCOCCNCC(C)CCl. The van der Waals surface area contributed by atoms with Crippen LogP contribution in [-0.4, -0.2) is 32.2 Å². The molecule has 1 atom stereocenters. The van der Waals surface area contributed by atoms with E-state index in [0.717, 1.165) is 38.6 Å². The summed E-state index contributed by atoms with van der Waals surface area (Å²) >= 11 is 5.66. The molecular weight excluding hydrogens is 186 g/mol. The molecule has 0 spiro atoms. The van der Waals surface area contributed by atoms with Crippen LogP contribution in [0.15, 0.2) is 0 Å². The molecule has 2 nitrogen and oxygen atoms in total. The first-order valence-corrected chi connectivity index (χ1v) is 5.69. The third-order valence-electron chi connectivity index (χ3n) is 1.82. The Morgan fingerprint density at radius 3 is 2.77 bits per heavy atom. The molecule has 0 amide bonds. The standard InChI is InChI=1S/C10H22ClNO/c1-3-4-6-13-7-5-12-9-10(2)8-11/h10,12H,3-9H2,1-2H3. The molecular formula is C10H22ClNO. The maximum atomic E-state index is 5.66. The number of halogens is 1. The smallest absolute Gasteiger partial charge is 0.0590 e. The zero-order valence-electron chi connectivity index (χ0n) is 8.81. The highest BCUT2D eigenvalue weighted by Crippen LogP contribution is 1.94. The van der Waals surface area contributed by atoms with Gasteiger partial charge in [0.25, 0.3) is 0 Å². The normalized spacial score (nSPS) is 13.2. The van der Waals surface area contributed by atoms with Crippen molar-refractivity contribution < 1.29 is 4.74 Å². The predicted octanol–water partition coefficient (Wildman–Crippen LogP) is 2.27. The maximum absolute atomic E-state index is 5.66. The summed E-state index contributed by atoms with van der Waals surface area (Å²) in [6.45, 7) is 7.94. The van der Waals surface area contributed by atoms with Crippen molar-refractivity contribution in [2.75, 3.05) is 32.2 Å². The molecule has 0 bridgehead atoms. The van der Waals surface area contributed by atoms with E-state index in [0.29, 0.717) is 5.92 Å². The van der Waals surface area contributed by atoms with Crippen LogP contribution in [0.3, 0.4) is 0 Å². The van der Waals surface area contributed by atoms with Gasteiger partial charge in [-0.1, -0.05) is 20.3 Å². The van der Waals surface area contributed by atoms with E-state index >= 15 is 0 Å². The molecule has 0 aromatic rings. The lowest BCUT2D eigenvalue weighted by Gasteiger charge is -2.09. The van der Waals surface area contributed by atoms with Crippen LogP contribution < -0.4 is 5.32 Å². The number of rotatable bonds is 9. The molecule has 80 valence electrons. The number of ether oxygens (including phenoxy) is 1. The number of unbranched alkanes of at least 4 members (excludes halogenated alkanes) is 1. The van der Waals surface area contributed by atoms with Gasteiger partial charge in [-0.25, -0.2) is 0 Å². The van der Waals surface area contributed by atoms with Gasteiger partial charge in [0.1, 0.15) is 0 Å². The van der Waals surface area contributed by atoms with E-state index in [1.165, 1.54) is 6.42 Å². The Labute approximate surface area is 87.0 Å². The molecule has 0 saturated heterocycles. The first-order valence-electron chi connectivity index (χ1n) is 5.15. The van der Waals surface area contributed by atoms with E-state index in [4.69, 9.17) is 16.3 Å². The molecule has 0 saturated carbocycles. The molecule has 0 rings (SSSR count). The summed E-state index contributed by atoms with van der Waals surface area (Å²) in [6.07, 6.45) is 2.37. The van der Waals surface area contributed by atoms with E-state index in [9.17, 15) is 0 Å². The second-order valence-electron chi connectivity index (χ2n) is 3.43. The van der Waals surface area contributed by atoms with Crippen LogP contribution in [0.2, 0.25) is 0 Å². The van der Waals surface area contributed by atoms with E-state index in [-0.39, 0.29) is 0 Å². The minimum atomic E-state index is 0.553. The number of hydrogen-bond acceptors (Lipinski definition) is 2. The summed E-state index contributed by atoms with van der Waals surface area (Å²) in [5.41, 5.74) is 0. The van der Waals surface area contributed by atoms with Gasteiger partial charge in [0.15, 0.2) is 0 Å². The summed E-state index contributed by atoms with van der Waals surface area (Å²) in [6, 6.07) is 0. The average molecular weight is 208 g/mol. The number of nitrogens with one attached hydrogen (secondary N) is 1. The summed E-state index contributed by atoms with van der Waals surface area (Å²) < 4.78 is 5.39. The topological polar surface area (TPSA) is 21.3 Å². The van der Waals surface area contributed by atoms with Crippen molar-refractivity contribution in [1.82, 2.24) is 5.32 Å². The highest BCUT2D eigenvalue weighted by molar-refractivity contribution is 6.18. The van der Waals surface area contributed by atoms with E-state index in [2.05, 4.69) is 19.2 Å². The second kappa shape index (κ2) is 10.3. The zero-order chi connectivity index (χ0) is 9.94. The lowest BCUT2D eigenvalue weighted by atomic mass is 10.2. The summed E-state index contributed by atoms with van der Waals surface area (Å²) in [5, 5.41) is 3.30. The molecule has 0 aromatic carbocycles. The Kier molecular flexibility index (Phi) is 10.5. The quantitative estimate of drug-likeness (QED) is 0.463. The fraction of sp³-hybridized carbons (Fsp3) is 1.00. The Bertz CT molecular complexity index is 101. The number of alkyl halides is 1. The predicted molar refractivity (Wildman–Crippen MR) is 58.5 cm³/mol. The highest BCUT2D eigenvalue weighted by atomic mass is 35.5. The van der Waals surface area contributed by atoms with Gasteiger partial charge in [0.05, 0.1) is 6.61 Å². The van der Waals surface area contributed by atoms with Gasteiger partial charge in [0.2, 0.25) is 0 Å². The Morgan fingerprint density at radius 2 is 2.15 bits per heavy atom. The number of hydrogen-bond donors (Lipinski definition) is 1. The minimum Gasteiger partial charge on any atom is -0.380 e. The third-order valence-corrected chi connectivity index (χ3v) is 2.35. The first kappa shape index (κ1) is 13.2. The maximum Gasteiger partial charge on any atom is 0.0590 e. The van der Waals surface area contributed by atoms with E-state index in [1.54, 1.807) is 0 Å². The van der Waals surface area contributed by atoms with Crippen molar-refractivity contribution in [3.05, 3.63) is 0 Å². The Morgan fingerprint density at radius 1 is 1.38 bits per heavy atom. The summed E-state index contributed by atoms with van der Waals surface area (Å²) in [7, 11) is 0. The molecule has 1 N–H and O–H groups in total. The largest absolute Gasteiger partial charge is 0.380 e. The molecule has 13 heavy (non-hydrogen) atoms. The molecule has 1 unspecified atom stereocenters. The average Bonchev–Trinajstić information content (AvgIpc) is 2.16. The minimum absolute atomic E-state index is 0.553. The summed E-state index contributed by atoms with van der Waals surface area (Å²) in [5.74, 6) is 1.28. The van der Waals surface area contributed by atoms with E-state index in [1.807, 2.05) is 0 Å². The molecule has 0 aliphatic carbocycles. The molecule has 0 aliphatic heterocycles. The van der Waals surface area contributed by atoms with Gasteiger partial charge >= 0.3 is 0 Å². The van der Waals surface area contributed by atoms with Crippen LogP contribution in [0.1, 0.15) is 26.7 Å². The van der Waals surface area contributed by atoms with Crippen molar-refractivity contribution in [3.8, 4) is 0 Å². The van der Waals surface area contributed by atoms with Crippen molar-refractivity contribution >= 4 is 11.6 Å². The van der Waals surface area contributed by atoms with Crippen LogP contribution in [0, 0.1) is 5.92 Å². The van der Waals surface area contributed by atoms with Crippen LogP contribution in [0.5, 0.6) is 0 Å². The Hall–Kier alpha value is 0.210. The van der Waals surface area contributed by atoms with Crippen LogP contribution in [0.4, 0.5) is 0 Å². The van der Waals surface area contributed by atoms with Crippen LogP contribution in [0.25, 0.3) is 0 Å². The van der Waals surface area contributed by atoms with Crippen LogP contribution in [-0.2, 0) is 4.74 Å². The fourth-order valence-electron chi connectivity index (χ4n) is 0.896. The second-order valence-corrected chi connectivity index (χ2v) is 3.74. The summed E-state index contributed by atoms with van der Waals surface area (Å²) in [4.78, 5) is 0. The van der Waals surface area contributed by atoms with Crippen molar-refractivity contribution in [3.63, 3.8) is 0 Å².